The summed E-state index contributed by atoms with van der Waals surface area (Å²) in [7, 11) is 1.73. The molecule has 0 amide bonds. The Morgan fingerprint density at radius 1 is 1.25 bits per heavy atom. The van der Waals surface area contributed by atoms with Crippen molar-refractivity contribution in [2.75, 3.05) is 7.11 Å². The lowest BCUT2D eigenvalue weighted by molar-refractivity contribution is 0.114. The van der Waals surface area contributed by atoms with Crippen molar-refractivity contribution < 1.29 is 4.74 Å². The van der Waals surface area contributed by atoms with E-state index in [1.807, 2.05) is 12.1 Å². The first-order valence-corrected chi connectivity index (χ1v) is 7.85. The van der Waals surface area contributed by atoms with E-state index >= 15 is 0 Å². The molecule has 0 bridgehead atoms. The first-order valence-electron chi connectivity index (χ1n) is 7.85. The van der Waals surface area contributed by atoms with E-state index in [0.717, 1.165) is 24.5 Å². The molecule has 0 atom stereocenters. The zero-order valence-electron chi connectivity index (χ0n) is 13.4. The van der Waals surface area contributed by atoms with Crippen LogP contribution in [-0.2, 0) is 5.54 Å². The third kappa shape index (κ3) is 2.85. The van der Waals surface area contributed by atoms with Crippen LogP contribution in [0.15, 0.2) is 24.3 Å². The van der Waals surface area contributed by atoms with Gasteiger partial charge in [-0.1, -0.05) is 45.4 Å². The smallest absolute Gasteiger partial charge is 0.123 e. The Labute approximate surface area is 123 Å². The van der Waals surface area contributed by atoms with Crippen LogP contribution in [0.4, 0.5) is 0 Å². The van der Waals surface area contributed by atoms with Gasteiger partial charge in [-0.25, -0.2) is 0 Å². The van der Waals surface area contributed by atoms with Gasteiger partial charge in [-0.2, -0.15) is 0 Å². The van der Waals surface area contributed by atoms with Crippen LogP contribution in [0.1, 0.15) is 58.4 Å². The molecule has 0 aliphatic heterocycles. The number of para-hydroxylation sites is 1. The number of benzene rings is 1. The van der Waals surface area contributed by atoms with Gasteiger partial charge in [0.05, 0.1) is 7.11 Å². The van der Waals surface area contributed by atoms with E-state index in [0.29, 0.717) is 5.41 Å². The Balaban J connectivity index is 2.16. The van der Waals surface area contributed by atoms with Crippen LogP contribution in [0, 0.1) is 11.3 Å². The molecule has 1 aliphatic carbocycles. The number of nitrogens with two attached hydrogens (primary N) is 1. The predicted molar refractivity (Wildman–Crippen MR) is 84.9 cm³/mol. The summed E-state index contributed by atoms with van der Waals surface area (Å²) in [5, 5.41) is 0. The Kier molecular flexibility index (Phi) is 4.43. The second-order valence-corrected chi connectivity index (χ2v) is 6.97. The maximum atomic E-state index is 6.72. The summed E-state index contributed by atoms with van der Waals surface area (Å²) >= 11 is 0. The summed E-state index contributed by atoms with van der Waals surface area (Å²) < 4.78 is 5.50. The summed E-state index contributed by atoms with van der Waals surface area (Å²) in [4.78, 5) is 0. The molecule has 2 rings (SSSR count). The summed E-state index contributed by atoms with van der Waals surface area (Å²) in [6, 6.07) is 8.22. The maximum absolute atomic E-state index is 6.72. The SMILES string of the molecule is CCC(C)(C)C1CCC(N)(c2ccccc2OC)CC1. The van der Waals surface area contributed by atoms with Crippen molar-refractivity contribution in [3.05, 3.63) is 29.8 Å². The summed E-state index contributed by atoms with van der Waals surface area (Å²) in [6.07, 6.45) is 5.79. The molecule has 1 aromatic carbocycles. The number of ether oxygens (including phenoxy) is 1. The lowest BCUT2D eigenvalue weighted by Crippen LogP contribution is -2.43. The van der Waals surface area contributed by atoms with Gasteiger partial charge in [0.2, 0.25) is 0 Å². The second kappa shape index (κ2) is 5.77. The van der Waals surface area contributed by atoms with Crippen LogP contribution in [0.2, 0.25) is 0 Å². The normalized spacial score (nSPS) is 27.4. The van der Waals surface area contributed by atoms with E-state index in [4.69, 9.17) is 10.5 Å². The Hall–Kier alpha value is -1.02. The minimum atomic E-state index is -0.215. The molecule has 20 heavy (non-hydrogen) atoms. The van der Waals surface area contributed by atoms with Gasteiger partial charge in [0.25, 0.3) is 0 Å². The molecular formula is C18H29NO. The predicted octanol–water partition coefficient (Wildman–Crippen LogP) is 4.48. The van der Waals surface area contributed by atoms with Gasteiger partial charge in [0.15, 0.2) is 0 Å². The van der Waals surface area contributed by atoms with Gasteiger partial charge < -0.3 is 10.5 Å². The van der Waals surface area contributed by atoms with Crippen LogP contribution in [0.25, 0.3) is 0 Å². The van der Waals surface area contributed by atoms with Gasteiger partial charge in [0.1, 0.15) is 5.75 Å². The molecule has 1 saturated carbocycles. The fourth-order valence-electron chi connectivity index (χ4n) is 3.53. The average molecular weight is 275 g/mol. The van der Waals surface area contributed by atoms with Gasteiger partial charge >= 0.3 is 0 Å². The average Bonchev–Trinajstić information content (AvgIpc) is 2.47. The third-order valence-electron chi connectivity index (χ3n) is 5.54. The van der Waals surface area contributed by atoms with E-state index in [2.05, 4.69) is 32.9 Å². The standard InChI is InChI=1S/C18H29NO/c1-5-17(2,3)14-10-12-18(19,13-11-14)15-8-6-7-9-16(15)20-4/h6-9,14H,5,10-13,19H2,1-4H3. The zero-order chi connectivity index (χ0) is 14.8. The van der Waals surface area contributed by atoms with Crippen LogP contribution < -0.4 is 10.5 Å². The van der Waals surface area contributed by atoms with E-state index in [1.165, 1.54) is 24.8 Å². The van der Waals surface area contributed by atoms with E-state index in [1.54, 1.807) is 7.11 Å². The number of methoxy groups -OCH3 is 1. The van der Waals surface area contributed by atoms with Crippen molar-refractivity contribution in [3.8, 4) is 5.75 Å². The number of rotatable bonds is 4. The highest BCUT2D eigenvalue weighted by Crippen LogP contribution is 2.47. The van der Waals surface area contributed by atoms with Crippen molar-refractivity contribution in [3.63, 3.8) is 0 Å². The Morgan fingerprint density at radius 2 is 1.85 bits per heavy atom. The van der Waals surface area contributed by atoms with Crippen molar-refractivity contribution in [2.45, 2.75) is 58.4 Å². The molecule has 2 heteroatoms. The van der Waals surface area contributed by atoms with Crippen LogP contribution in [-0.4, -0.2) is 7.11 Å². The minimum Gasteiger partial charge on any atom is -0.496 e. The van der Waals surface area contributed by atoms with E-state index in [-0.39, 0.29) is 5.54 Å². The highest BCUT2D eigenvalue weighted by Gasteiger charge is 2.39. The van der Waals surface area contributed by atoms with Gasteiger partial charge in [-0.3, -0.25) is 0 Å². The first-order chi connectivity index (χ1) is 9.43. The van der Waals surface area contributed by atoms with Gasteiger partial charge in [0, 0.05) is 11.1 Å². The second-order valence-electron chi connectivity index (χ2n) is 6.97. The zero-order valence-corrected chi connectivity index (χ0v) is 13.4. The number of hydrogen-bond donors (Lipinski definition) is 1. The highest BCUT2D eigenvalue weighted by atomic mass is 16.5. The summed E-state index contributed by atoms with van der Waals surface area (Å²) in [6.45, 7) is 7.08. The molecule has 0 unspecified atom stereocenters. The van der Waals surface area contributed by atoms with Gasteiger partial charge in [-0.15, -0.1) is 0 Å². The summed E-state index contributed by atoms with van der Waals surface area (Å²) in [5.74, 6) is 1.72. The largest absolute Gasteiger partial charge is 0.496 e. The topological polar surface area (TPSA) is 35.2 Å². The molecule has 0 saturated heterocycles. The van der Waals surface area contributed by atoms with Crippen molar-refractivity contribution in [1.29, 1.82) is 0 Å². The molecule has 112 valence electrons. The number of hydrogen-bond acceptors (Lipinski definition) is 2. The molecule has 2 N–H and O–H groups in total. The Morgan fingerprint density at radius 3 is 2.40 bits per heavy atom. The molecule has 0 heterocycles. The van der Waals surface area contributed by atoms with E-state index in [9.17, 15) is 0 Å². The fourth-order valence-corrected chi connectivity index (χ4v) is 3.53. The molecule has 1 aromatic rings. The first kappa shape index (κ1) is 15.4. The van der Waals surface area contributed by atoms with Crippen molar-refractivity contribution in [1.82, 2.24) is 0 Å². The van der Waals surface area contributed by atoms with Crippen LogP contribution in [0.3, 0.4) is 0 Å². The molecule has 0 radical (unpaired) electrons. The van der Waals surface area contributed by atoms with Crippen LogP contribution in [0.5, 0.6) is 5.75 Å². The molecule has 0 spiro atoms. The van der Waals surface area contributed by atoms with Crippen molar-refractivity contribution in [2.24, 2.45) is 17.1 Å². The van der Waals surface area contributed by atoms with Crippen LogP contribution >= 0.6 is 0 Å². The molecule has 2 nitrogen and oxygen atoms in total. The molecule has 0 aromatic heterocycles. The lowest BCUT2D eigenvalue weighted by atomic mass is 9.64. The molecule has 1 fully saturated rings. The maximum Gasteiger partial charge on any atom is 0.123 e. The third-order valence-corrected chi connectivity index (χ3v) is 5.54. The van der Waals surface area contributed by atoms with Gasteiger partial charge in [-0.05, 0) is 43.1 Å². The Bertz CT molecular complexity index is 444. The quantitative estimate of drug-likeness (QED) is 0.879. The monoisotopic (exact) mass is 275 g/mol. The summed E-state index contributed by atoms with van der Waals surface area (Å²) in [5.41, 5.74) is 8.12. The van der Waals surface area contributed by atoms with E-state index < -0.39 is 0 Å². The minimum absolute atomic E-state index is 0.215. The fraction of sp³-hybridized carbons (Fsp3) is 0.667. The molecule has 1 aliphatic rings. The molecular weight excluding hydrogens is 246 g/mol. The highest BCUT2D eigenvalue weighted by molar-refractivity contribution is 5.39. The van der Waals surface area contributed by atoms with Crippen molar-refractivity contribution >= 4 is 0 Å². The lowest BCUT2D eigenvalue weighted by Gasteiger charge is -2.43.